The van der Waals surface area contributed by atoms with Gasteiger partial charge in [0, 0.05) is 0 Å². The molecule has 1 aromatic rings. The summed E-state index contributed by atoms with van der Waals surface area (Å²) in [5.74, 6) is 0. The van der Waals surface area contributed by atoms with Gasteiger partial charge in [0.1, 0.15) is 0 Å². The first-order valence-electron chi connectivity index (χ1n) is 6.92. The minimum atomic E-state index is 0.497. The van der Waals surface area contributed by atoms with Crippen LogP contribution in [0.4, 0.5) is 0 Å². The third-order valence-electron chi connectivity index (χ3n) is 4.49. The fourth-order valence-electron chi connectivity index (χ4n) is 2.76. The zero-order valence-electron chi connectivity index (χ0n) is 11.5. The monoisotopic (exact) mass is 231 g/mol. The maximum absolute atomic E-state index is 2.42. The number of rotatable bonds is 5. The van der Waals surface area contributed by atoms with Crippen molar-refractivity contribution in [2.24, 2.45) is 0 Å². The molecule has 1 aromatic carbocycles. The van der Waals surface area contributed by atoms with Crippen LogP contribution in [0.3, 0.4) is 0 Å². The van der Waals surface area contributed by atoms with Gasteiger partial charge in [-0.25, -0.2) is 0 Å². The lowest BCUT2D eigenvalue weighted by molar-refractivity contribution is 0.193. The molecule has 0 aliphatic heterocycles. The van der Waals surface area contributed by atoms with Crippen molar-refractivity contribution < 1.29 is 0 Å². The van der Waals surface area contributed by atoms with Gasteiger partial charge >= 0.3 is 0 Å². The third kappa shape index (κ3) is 2.71. The maximum Gasteiger partial charge on any atom is -0.00134 e. The van der Waals surface area contributed by atoms with Crippen molar-refractivity contribution in [2.45, 2.75) is 44.9 Å². The van der Waals surface area contributed by atoms with Crippen LogP contribution >= 0.6 is 0 Å². The van der Waals surface area contributed by atoms with Gasteiger partial charge in [0.2, 0.25) is 0 Å². The predicted octanol–water partition coefficient (Wildman–Crippen LogP) is 3.76. The molecule has 0 spiro atoms. The van der Waals surface area contributed by atoms with Gasteiger partial charge in [-0.05, 0) is 57.3 Å². The molecule has 0 aromatic heterocycles. The van der Waals surface area contributed by atoms with E-state index >= 15 is 0 Å². The highest BCUT2D eigenvalue weighted by Crippen LogP contribution is 2.46. The molecule has 1 aliphatic carbocycles. The van der Waals surface area contributed by atoms with Crippen LogP contribution in [0.5, 0.6) is 0 Å². The van der Waals surface area contributed by atoms with Crippen LogP contribution in [0.25, 0.3) is 0 Å². The molecule has 0 radical (unpaired) electrons. The Kier molecular flexibility index (Phi) is 3.88. The Balaban J connectivity index is 2.06. The van der Waals surface area contributed by atoms with E-state index in [1.54, 1.807) is 5.56 Å². The fraction of sp³-hybridized carbons (Fsp3) is 0.625. The molecular weight excluding hydrogens is 206 g/mol. The Morgan fingerprint density at radius 1 is 1.18 bits per heavy atom. The molecule has 1 aliphatic rings. The molecule has 1 nitrogen and oxygen atoms in total. The van der Waals surface area contributed by atoms with Gasteiger partial charge in [0.25, 0.3) is 0 Å². The molecule has 0 unspecified atom stereocenters. The van der Waals surface area contributed by atoms with Crippen LogP contribution in [-0.2, 0) is 5.41 Å². The van der Waals surface area contributed by atoms with Gasteiger partial charge in [-0.3, -0.25) is 0 Å². The summed E-state index contributed by atoms with van der Waals surface area (Å²) in [5.41, 5.74) is 3.43. The second kappa shape index (κ2) is 5.22. The Hall–Kier alpha value is -0.820. The van der Waals surface area contributed by atoms with Gasteiger partial charge in [0.15, 0.2) is 0 Å². The Morgan fingerprint density at radius 3 is 2.29 bits per heavy atom. The van der Waals surface area contributed by atoms with Gasteiger partial charge in [0.05, 0.1) is 0 Å². The lowest BCUT2D eigenvalue weighted by atomic mass is 9.62. The van der Waals surface area contributed by atoms with E-state index in [9.17, 15) is 0 Å². The van der Waals surface area contributed by atoms with Crippen LogP contribution < -0.4 is 0 Å². The number of hydrogen-bond donors (Lipinski definition) is 0. The van der Waals surface area contributed by atoms with Gasteiger partial charge in [-0.2, -0.15) is 0 Å². The highest BCUT2D eigenvalue weighted by molar-refractivity contribution is 5.30. The lowest BCUT2D eigenvalue weighted by Crippen LogP contribution is -2.37. The molecule has 0 heterocycles. The molecule has 0 N–H and O–H groups in total. The first-order chi connectivity index (χ1) is 8.16. The normalized spacial score (nSPS) is 18.1. The third-order valence-corrected chi connectivity index (χ3v) is 4.49. The van der Waals surface area contributed by atoms with Crippen molar-refractivity contribution in [2.75, 3.05) is 20.1 Å². The number of benzene rings is 1. The van der Waals surface area contributed by atoms with E-state index in [1.165, 1.54) is 37.8 Å². The summed E-state index contributed by atoms with van der Waals surface area (Å²) in [6.07, 6.45) is 5.49. The van der Waals surface area contributed by atoms with E-state index in [1.807, 2.05) is 0 Å². The van der Waals surface area contributed by atoms with E-state index in [0.717, 1.165) is 6.54 Å². The SMILES string of the molecule is CCN(C)CCC1(c2ccc(C)cc2)CCC1. The predicted molar refractivity (Wildman–Crippen MR) is 74.5 cm³/mol. The molecule has 94 valence electrons. The highest BCUT2D eigenvalue weighted by Gasteiger charge is 2.38. The molecule has 2 rings (SSSR count). The van der Waals surface area contributed by atoms with Crippen molar-refractivity contribution in [1.82, 2.24) is 4.90 Å². The quantitative estimate of drug-likeness (QED) is 0.746. The summed E-state index contributed by atoms with van der Waals surface area (Å²) < 4.78 is 0. The first kappa shape index (κ1) is 12.6. The van der Waals surface area contributed by atoms with Crippen molar-refractivity contribution in [3.63, 3.8) is 0 Å². The second-order valence-corrected chi connectivity index (χ2v) is 5.65. The molecule has 0 atom stereocenters. The number of hydrogen-bond acceptors (Lipinski definition) is 1. The number of aryl methyl sites for hydroxylation is 1. The molecule has 1 fully saturated rings. The van der Waals surface area contributed by atoms with Crippen LogP contribution in [0.15, 0.2) is 24.3 Å². The Labute approximate surface area is 106 Å². The second-order valence-electron chi connectivity index (χ2n) is 5.65. The van der Waals surface area contributed by atoms with Gasteiger partial charge in [-0.15, -0.1) is 0 Å². The summed E-state index contributed by atoms with van der Waals surface area (Å²) >= 11 is 0. The minimum absolute atomic E-state index is 0.497. The zero-order chi connectivity index (χ0) is 12.3. The van der Waals surface area contributed by atoms with Crippen molar-refractivity contribution in [3.8, 4) is 0 Å². The number of nitrogens with zero attached hydrogens (tertiary/aromatic N) is 1. The standard InChI is InChI=1S/C16H25N/c1-4-17(3)13-12-16(10-5-11-16)15-8-6-14(2)7-9-15/h6-9H,4-5,10-13H2,1-3H3. The maximum atomic E-state index is 2.42. The van der Waals surface area contributed by atoms with Crippen molar-refractivity contribution >= 4 is 0 Å². The Morgan fingerprint density at radius 2 is 1.82 bits per heavy atom. The van der Waals surface area contributed by atoms with Crippen LogP contribution in [-0.4, -0.2) is 25.0 Å². The van der Waals surface area contributed by atoms with E-state index < -0.39 is 0 Å². The molecule has 0 saturated heterocycles. The Bertz CT molecular complexity index is 348. The van der Waals surface area contributed by atoms with Crippen LogP contribution in [0.1, 0.15) is 43.7 Å². The molecule has 0 bridgehead atoms. The van der Waals surface area contributed by atoms with Crippen LogP contribution in [0.2, 0.25) is 0 Å². The average molecular weight is 231 g/mol. The van der Waals surface area contributed by atoms with E-state index in [0.29, 0.717) is 5.41 Å². The summed E-state index contributed by atoms with van der Waals surface area (Å²) in [7, 11) is 2.22. The van der Waals surface area contributed by atoms with Crippen LogP contribution in [0, 0.1) is 6.92 Å². The molecule has 1 heteroatoms. The van der Waals surface area contributed by atoms with Gasteiger partial charge < -0.3 is 4.90 Å². The minimum Gasteiger partial charge on any atom is -0.307 e. The smallest absolute Gasteiger partial charge is 0.00134 e. The summed E-state index contributed by atoms with van der Waals surface area (Å²) in [6, 6.07) is 9.22. The average Bonchev–Trinajstić information content (AvgIpc) is 2.29. The van der Waals surface area contributed by atoms with E-state index in [4.69, 9.17) is 0 Å². The summed E-state index contributed by atoms with van der Waals surface area (Å²) in [4.78, 5) is 2.42. The first-order valence-corrected chi connectivity index (χ1v) is 6.92. The molecule has 17 heavy (non-hydrogen) atoms. The summed E-state index contributed by atoms with van der Waals surface area (Å²) in [5, 5.41) is 0. The molecule has 1 saturated carbocycles. The zero-order valence-corrected chi connectivity index (χ0v) is 11.5. The molecule has 0 amide bonds. The lowest BCUT2D eigenvalue weighted by Gasteiger charge is -2.43. The topological polar surface area (TPSA) is 3.24 Å². The van der Waals surface area contributed by atoms with Gasteiger partial charge in [-0.1, -0.05) is 43.2 Å². The summed E-state index contributed by atoms with van der Waals surface area (Å²) in [6.45, 7) is 6.79. The van der Waals surface area contributed by atoms with Crippen molar-refractivity contribution in [1.29, 1.82) is 0 Å². The largest absolute Gasteiger partial charge is 0.307 e. The fourth-order valence-corrected chi connectivity index (χ4v) is 2.76. The van der Waals surface area contributed by atoms with Crippen molar-refractivity contribution in [3.05, 3.63) is 35.4 Å². The molecular formula is C16H25N. The highest BCUT2D eigenvalue weighted by atomic mass is 15.1. The van der Waals surface area contributed by atoms with E-state index in [-0.39, 0.29) is 0 Å². The van der Waals surface area contributed by atoms with E-state index in [2.05, 4.69) is 50.1 Å².